The number of carbonyl (C=O) groups excluding carboxylic acids is 1. The second-order valence-corrected chi connectivity index (χ2v) is 7.84. The highest BCUT2D eigenvalue weighted by Gasteiger charge is 2.34. The summed E-state index contributed by atoms with van der Waals surface area (Å²) in [6.45, 7) is 8.15. The molecule has 1 N–H and O–H groups in total. The Labute approximate surface area is 169 Å². The van der Waals surface area contributed by atoms with Gasteiger partial charge in [-0.25, -0.2) is 0 Å². The Morgan fingerprint density at radius 2 is 1.89 bits per heavy atom. The molecule has 5 nitrogen and oxygen atoms in total. The summed E-state index contributed by atoms with van der Waals surface area (Å²) in [6, 6.07) is 10.6. The summed E-state index contributed by atoms with van der Waals surface area (Å²) in [5, 5.41) is 11.0. The lowest BCUT2D eigenvalue weighted by molar-refractivity contribution is -0.114. The Hall–Kier alpha value is -2.86. The van der Waals surface area contributed by atoms with Gasteiger partial charge in [-0.3, -0.25) is 15.1 Å². The number of fused-ring (bicyclic) bond motifs is 1. The molecule has 0 radical (unpaired) electrons. The maximum absolute atomic E-state index is 12.5. The van der Waals surface area contributed by atoms with Crippen molar-refractivity contribution in [2.75, 3.05) is 0 Å². The van der Waals surface area contributed by atoms with Crippen LogP contribution in [-0.2, 0) is 11.2 Å². The van der Waals surface area contributed by atoms with E-state index in [1.165, 1.54) is 17.3 Å². The van der Waals surface area contributed by atoms with Gasteiger partial charge in [-0.1, -0.05) is 30.8 Å². The summed E-state index contributed by atoms with van der Waals surface area (Å²) < 4.78 is 2.17. The minimum absolute atomic E-state index is 0.186. The SMILES string of the molecule is CCc1ccc(-n2c(C)cc(/C=C3\C(=N)N4C(C)=CSC4=NC3=O)c2C)cc1. The standard InChI is InChI=1S/C22H22N4OS/c1-5-16-6-8-18(9-7-16)25-13(2)10-17(15(25)4)11-19-20(23)26-14(3)12-28-22(26)24-21(19)27/h6-12,23H,5H2,1-4H3/b19-11+,23-20?. The molecule has 0 aliphatic carbocycles. The zero-order valence-corrected chi connectivity index (χ0v) is 17.2. The fourth-order valence-electron chi connectivity index (χ4n) is 3.61. The van der Waals surface area contributed by atoms with Crippen LogP contribution >= 0.6 is 11.8 Å². The molecule has 3 heterocycles. The largest absolute Gasteiger partial charge is 0.318 e. The Kier molecular flexibility index (Phi) is 4.59. The highest BCUT2D eigenvalue weighted by atomic mass is 32.2. The predicted molar refractivity (Wildman–Crippen MR) is 116 cm³/mol. The molecular weight excluding hydrogens is 368 g/mol. The fourth-order valence-corrected chi connectivity index (χ4v) is 4.47. The highest BCUT2D eigenvalue weighted by molar-refractivity contribution is 8.16. The maximum atomic E-state index is 12.5. The van der Waals surface area contributed by atoms with Gasteiger partial charge in [0.1, 0.15) is 5.84 Å². The van der Waals surface area contributed by atoms with Crippen LogP contribution in [0.15, 0.2) is 52.0 Å². The van der Waals surface area contributed by atoms with Crippen molar-refractivity contribution in [2.45, 2.75) is 34.1 Å². The number of hydrogen-bond donors (Lipinski definition) is 1. The molecule has 28 heavy (non-hydrogen) atoms. The molecule has 0 bridgehead atoms. The number of thioether (sulfide) groups is 1. The molecule has 4 rings (SSSR count). The van der Waals surface area contributed by atoms with Crippen LogP contribution in [0.2, 0.25) is 0 Å². The number of nitrogens with one attached hydrogen (secondary N) is 1. The number of amides is 1. The number of aromatic nitrogens is 1. The van der Waals surface area contributed by atoms with Crippen LogP contribution in [0.5, 0.6) is 0 Å². The molecule has 142 valence electrons. The van der Waals surface area contributed by atoms with Crippen molar-refractivity contribution in [2.24, 2.45) is 4.99 Å². The number of rotatable bonds is 3. The third-order valence-corrected chi connectivity index (χ3v) is 6.10. The predicted octanol–water partition coefficient (Wildman–Crippen LogP) is 4.82. The van der Waals surface area contributed by atoms with Gasteiger partial charge in [0.15, 0.2) is 5.17 Å². The van der Waals surface area contributed by atoms with Crippen molar-refractivity contribution in [3.63, 3.8) is 0 Å². The number of hydrogen-bond acceptors (Lipinski definition) is 3. The molecule has 1 aromatic heterocycles. The van der Waals surface area contributed by atoms with Crippen LogP contribution in [0.1, 0.15) is 36.4 Å². The van der Waals surface area contributed by atoms with E-state index in [4.69, 9.17) is 5.41 Å². The average molecular weight is 391 g/mol. The summed E-state index contributed by atoms with van der Waals surface area (Å²) >= 11 is 1.38. The second kappa shape index (κ2) is 6.95. The molecule has 0 saturated heterocycles. The topological polar surface area (TPSA) is 61.5 Å². The molecule has 0 spiro atoms. The van der Waals surface area contributed by atoms with Gasteiger partial charge in [0.05, 0.1) is 5.57 Å². The summed E-state index contributed by atoms with van der Waals surface area (Å²) in [7, 11) is 0. The summed E-state index contributed by atoms with van der Waals surface area (Å²) in [5.41, 5.74) is 6.67. The van der Waals surface area contributed by atoms with E-state index in [1.54, 1.807) is 11.0 Å². The number of aryl methyl sites for hydroxylation is 2. The number of allylic oxidation sites excluding steroid dienone is 1. The van der Waals surface area contributed by atoms with Crippen LogP contribution in [0, 0.1) is 19.3 Å². The average Bonchev–Trinajstić information content (AvgIpc) is 3.18. The van der Waals surface area contributed by atoms with Gasteiger partial charge in [-0.05, 0) is 68.0 Å². The van der Waals surface area contributed by atoms with Gasteiger partial charge < -0.3 is 4.57 Å². The van der Waals surface area contributed by atoms with E-state index >= 15 is 0 Å². The van der Waals surface area contributed by atoms with Crippen LogP contribution in [0.4, 0.5) is 0 Å². The van der Waals surface area contributed by atoms with E-state index < -0.39 is 0 Å². The normalized spacial score (nSPS) is 17.9. The zero-order valence-electron chi connectivity index (χ0n) is 16.4. The molecule has 1 amide bonds. The first kappa shape index (κ1) is 18.5. The minimum atomic E-state index is -0.357. The monoisotopic (exact) mass is 390 g/mol. The van der Waals surface area contributed by atoms with Crippen molar-refractivity contribution < 1.29 is 4.79 Å². The summed E-state index contributed by atoms with van der Waals surface area (Å²) in [5.74, 6) is -0.171. The van der Waals surface area contributed by atoms with Gasteiger partial charge in [-0.2, -0.15) is 4.99 Å². The number of benzene rings is 1. The molecule has 2 aliphatic heterocycles. The number of aliphatic imine (C=N–C) groups is 1. The van der Waals surface area contributed by atoms with Crippen LogP contribution in [0.3, 0.4) is 0 Å². The van der Waals surface area contributed by atoms with E-state index in [0.29, 0.717) is 10.7 Å². The quantitative estimate of drug-likeness (QED) is 0.764. The molecule has 2 aromatic rings. The molecule has 2 aliphatic rings. The van der Waals surface area contributed by atoms with Gasteiger partial charge in [0, 0.05) is 22.8 Å². The molecule has 0 unspecified atom stereocenters. The van der Waals surface area contributed by atoms with E-state index in [0.717, 1.165) is 34.8 Å². The third kappa shape index (κ3) is 2.94. The van der Waals surface area contributed by atoms with E-state index in [-0.39, 0.29) is 11.7 Å². The minimum Gasteiger partial charge on any atom is -0.318 e. The lowest BCUT2D eigenvalue weighted by Crippen LogP contribution is -2.37. The van der Waals surface area contributed by atoms with Gasteiger partial charge in [0.25, 0.3) is 5.91 Å². The van der Waals surface area contributed by atoms with Crippen molar-refractivity contribution >= 4 is 34.7 Å². The van der Waals surface area contributed by atoms with Gasteiger partial charge >= 0.3 is 0 Å². The van der Waals surface area contributed by atoms with Gasteiger partial charge in [0.2, 0.25) is 0 Å². The Morgan fingerprint density at radius 3 is 2.57 bits per heavy atom. The Morgan fingerprint density at radius 1 is 1.18 bits per heavy atom. The highest BCUT2D eigenvalue weighted by Crippen LogP contribution is 2.32. The third-order valence-electron chi connectivity index (χ3n) is 5.16. The molecule has 0 fully saturated rings. The van der Waals surface area contributed by atoms with E-state index in [1.807, 2.05) is 19.3 Å². The molecule has 6 heteroatoms. The van der Waals surface area contributed by atoms with Crippen molar-refractivity contribution in [1.29, 1.82) is 5.41 Å². The van der Waals surface area contributed by atoms with Crippen molar-refractivity contribution in [3.05, 3.63) is 69.5 Å². The van der Waals surface area contributed by atoms with E-state index in [2.05, 4.69) is 53.7 Å². The lowest BCUT2D eigenvalue weighted by atomic mass is 10.1. The van der Waals surface area contributed by atoms with Gasteiger partial charge in [-0.15, -0.1) is 0 Å². The van der Waals surface area contributed by atoms with E-state index in [9.17, 15) is 4.79 Å². The van der Waals surface area contributed by atoms with Crippen LogP contribution in [-0.4, -0.2) is 26.4 Å². The molecular formula is C22H22N4OS. The first-order chi connectivity index (χ1) is 13.4. The second-order valence-electron chi connectivity index (χ2n) is 7.00. The molecule has 0 atom stereocenters. The molecule has 0 saturated carbocycles. The smallest absolute Gasteiger partial charge is 0.283 e. The fraction of sp³-hybridized carbons (Fsp3) is 0.227. The van der Waals surface area contributed by atoms with Crippen molar-refractivity contribution in [3.8, 4) is 5.69 Å². The Bertz CT molecular complexity index is 1090. The number of amidine groups is 2. The first-order valence-corrected chi connectivity index (χ1v) is 10.1. The Balaban J connectivity index is 1.75. The first-order valence-electron chi connectivity index (χ1n) is 9.26. The maximum Gasteiger partial charge on any atom is 0.283 e. The lowest BCUT2D eigenvalue weighted by Gasteiger charge is -2.25. The summed E-state index contributed by atoms with van der Waals surface area (Å²) in [6.07, 6.45) is 2.80. The number of nitrogens with zero attached hydrogens (tertiary/aromatic N) is 3. The molecule has 1 aromatic carbocycles. The van der Waals surface area contributed by atoms with Crippen LogP contribution < -0.4 is 0 Å². The van der Waals surface area contributed by atoms with Crippen molar-refractivity contribution in [1.82, 2.24) is 9.47 Å². The zero-order chi connectivity index (χ0) is 20.0. The number of carbonyl (C=O) groups is 1. The summed E-state index contributed by atoms with van der Waals surface area (Å²) in [4.78, 5) is 18.4. The van der Waals surface area contributed by atoms with Crippen LogP contribution in [0.25, 0.3) is 11.8 Å².